The van der Waals surface area contributed by atoms with Crippen molar-refractivity contribution in [2.75, 3.05) is 5.32 Å². The lowest BCUT2D eigenvalue weighted by Gasteiger charge is -2.22. The van der Waals surface area contributed by atoms with Crippen molar-refractivity contribution >= 4 is 11.6 Å². The Balaban J connectivity index is 1.66. The van der Waals surface area contributed by atoms with Crippen LogP contribution in [0.5, 0.6) is 0 Å². The lowest BCUT2D eigenvalue weighted by atomic mass is 9.92. The van der Waals surface area contributed by atoms with Gasteiger partial charge in [0.1, 0.15) is 5.92 Å². The van der Waals surface area contributed by atoms with E-state index in [0.717, 1.165) is 29.7 Å². The van der Waals surface area contributed by atoms with Crippen molar-refractivity contribution in [3.05, 3.63) is 65.2 Å². The van der Waals surface area contributed by atoms with Crippen LogP contribution >= 0.6 is 0 Å². The molecule has 1 aromatic carbocycles. The number of carbonyl (C=O) groups excluding carboxylic acids is 1. The fourth-order valence-electron chi connectivity index (χ4n) is 5.03. The molecule has 1 amide bonds. The Kier molecular flexibility index (Phi) is 12.6. The number of pyridine rings is 1. The number of anilines is 1. The molecule has 0 aliphatic carbocycles. The van der Waals surface area contributed by atoms with Crippen LogP contribution in [-0.4, -0.2) is 31.1 Å². The first-order chi connectivity index (χ1) is 18.9. The van der Waals surface area contributed by atoms with E-state index < -0.39 is 5.92 Å². The zero-order valence-electron chi connectivity index (χ0n) is 24.7. The van der Waals surface area contributed by atoms with E-state index in [9.17, 15) is 4.79 Å². The van der Waals surface area contributed by atoms with Crippen LogP contribution in [-0.2, 0) is 11.3 Å². The maximum absolute atomic E-state index is 13.8. The summed E-state index contributed by atoms with van der Waals surface area (Å²) in [5.41, 5.74) is 3.73. The molecular weight excluding hydrogens is 484 g/mol. The van der Waals surface area contributed by atoms with E-state index in [1.165, 1.54) is 51.4 Å². The topological polar surface area (TPSA) is 85.6 Å². The number of para-hydroxylation sites is 1. The predicted molar refractivity (Wildman–Crippen MR) is 159 cm³/mol. The lowest BCUT2D eigenvalue weighted by molar-refractivity contribution is -0.117. The monoisotopic (exact) mass is 532 g/mol. The van der Waals surface area contributed by atoms with Crippen molar-refractivity contribution in [2.24, 2.45) is 0 Å². The van der Waals surface area contributed by atoms with Gasteiger partial charge in [0.25, 0.3) is 0 Å². The van der Waals surface area contributed by atoms with Crippen LogP contribution in [0.25, 0.3) is 0 Å². The highest BCUT2D eigenvalue weighted by molar-refractivity contribution is 5.98. The lowest BCUT2D eigenvalue weighted by Crippen LogP contribution is -2.25. The predicted octanol–water partition coefficient (Wildman–Crippen LogP) is 8.01. The van der Waals surface area contributed by atoms with Crippen molar-refractivity contribution in [3.63, 3.8) is 0 Å². The summed E-state index contributed by atoms with van der Waals surface area (Å²) in [5, 5.41) is 16.5. The SMILES string of the molecule is CCCCCCCCCCCCn1nnc([C@@H](C(=O)Nc2c(C(C)C)cccc2C(C)C)c2ccccn2)n1. The van der Waals surface area contributed by atoms with Gasteiger partial charge in [-0.1, -0.05) is 117 Å². The quantitative estimate of drug-likeness (QED) is 0.178. The molecule has 7 nitrogen and oxygen atoms in total. The summed E-state index contributed by atoms with van der Waals surface area (Å²) in [7, 11) is 0. The van der Waals surface area contributed by atoms with Crippen LogP contribution in [0.2, 0.25) is 0 Å². The Hall–Kier alpha value is -3.09. The van der Waals surface area contributed by atoms with Gasteiger partial charge in [-0.3, -0.25) is 9.78 Å². The Morgan fingerprint density at radius 3 is 2.00 bits per heavy atom. The summed E-state index contributed by atoms with van der Waals surface area (Å²) in [6.45, 7) is 11.5. The molecule has 0 saturated heterocycles. The minimum Gasteiger partial charge on any atom is -0.325 e. The molecule has 0 bridgehead atoms. The van der Waals surface area contributed by atoms with Crippen molar-refractivity contribution in [2.45, 2.75) is 123 Å². The van der Waals surface area contributed by atoms with Crippen LogP contribution in [0.15, 0.2) is 42.6 Å². The Morgan fingerprint density at radius 1 is 0.821 bits per heavy atom. The van der Waals surface area contributed by atoms with Crippen molar-refractivity contribution in [1.29, 1.82) is 0 Å². The first kappa shape index (κ1) is 30.5. The minimum atomic E-state index is -0.743. The molecule has 7 heteroatoms. The van der Waals surface area contributed by atoms with Crippen molar-refractivity contribution < 1.29 is 4.79 Å². The molecule has 1 atom stereocenters. The normalized spacial score (nSPS) is 12.3. The summed E-state index contributed by atoms with van der Waals surface area (Å²) < 4.78 is 0. The van der Waals surface area contributed by atoms with Crippen LogP contribution in [0.4, 0.5) is 5.69 Å². The molecule has 39 heavy (non-hydrogen) atoms. The number of rotatable bonds is 17. The molecule has 2 aromatic heterocycles. The van der Waals surface area contributed by atoms with Gasteiger partial charge in [-0.05, 0) is 46.7 Å². The molecule has 0 fully saturated rings. The Bertz CT molecular complexity index is 1100. The second kappa shape index (κ2) is 16.1. The first-order valence-electron chi connectivity index (χ1n) is 15.0. The first-order valence-corrected chi connectivity index (χ1v) is 15.0. The number of amides is 1. The number of aryl methyl sites for hydroxylation is 1. The molecule has 0 unspecified atom stereocenters. The van der Waals surface area contributed by atoms with E-state index in [1.807, 2.05) is 18.2 Å². The molecule has 0 spiro atoms. The highest BCUT2D eigenvalue weighted by atomic mass is 16.2. The van der Waals surface area contributed by atoms with Gasteiger partial charge in [-0.15, -0.1) is 10.2 Å². The summed E-state index contributed by atoms with van der Waals surface area (Å²) in [6.07, 6.45) is 14.5. The average molecular weight is 533 g/mol. The summed E-state index contributed by atoms with van der Waals surface area (Å²) in [4.78, 5) is 20.0. The van der Waals surface area contributed by atoms with Crippen molar-refractivity contribution in [3.8, 4) is 0 Å². The van der Waals surface area contributed by atoms with E-state index in [4.69, 9.17) is 0 Å². The number of carbonyl (C=O) groups is 1. The van der Waals surface area contributed by atoms with E-state index in [1.54, 1.807) is 11.0 Å². The second-order valence-electron chi connectivity index (χ2n) is 11.2. The van der Waals surface area contributed by atoms with E-state index >= 15 is 0 Å². The van der Waals surface area contributed by atoms with Gasteiger partial charge in [0.05, 0.1) is 12.2 Å². The zero-order valence-corrected chi connectivity index (χ0v) is 24.7. The molecule has 3 rings (SSSR count). The standard InChI is InChI=1S/C32H48N6O/c1-6-7-8-9-10-11-12-13-14-17-23-38-36-31(35-37-38)29(28-21-15-16-22-33-28)32(39)34-30-26(24(2)3)19-18-20-27(30)25(4)5/h15-16,18-22,24-25,29H,6-14,17,23H2,1-5H3,(H,34,39)/t29-/m0/s1. The van der Waals surface area contributed by atoms with Crippen molar-refractivity contribution in [1.82, 2.24) is 25.2 Å². The van der Waals surface area contributed by atoms with Gasteiger partial charge >= 0.3 is 0 Å². The van der Waals surface area contributed by atoms with E-state index in [0.29, 0.717) is 18.1 Å². The third-order valence-electron chi connectivity index (χ3n) is 7.31. The minimum absolute atomic E-state index is 0.192. The number of benzene rings is 1. The summed E-state index contributed by atoms with van der Waals surface area (Å²) >= 11 is 0. The average Bonchev–Trinajstić information content (AvgIpc) is 3.38. The Labute approximate surface area is 235 Å². The largest absolute Gasteiger partial charge is 0.325 e. The van der Waals surface area contributed by atoms with Crippen LogP contribution in [0.1, 0.15) is 139 Å². The van der Waals surface area contributed by atoms with Crippen LogP contribution < -0.4 is 5.32 Å². The number of nitrogens with one attached hydrogen (secondary N) is 1. The van der Waals surface area contributed by atoms with Gasteiger partial charge in [0.2, 0.25) is 5.91 Å². The third-order valence-corrected chi connectivity index (χ3v) is 7.31. The molecular formula is C32H48N6O. The van der Waals surface area contributed by atoms with E-state index in [2.05, 4.69) is 78.5 Å². The van der Waals surface area contributed by atoms with Gasteiger partial charge in [0, 0.05) is 11.9 Å². The molecule has 0 radical (unpaired) electrons. The number of unbranched alkanes of at least 4 members (excludes halogenated alkanes) is 9. The van der Waals surface area contributed by atoms with Crippen LogP contribution in [0, 0.1) is 0 Å². The summed E-state index contributed by atoms with van der Waals surface area (Å²) in [6, 6.07) is 11.8. The highest BCUT2D eigenvalue weighted by Crippen LogP contribution is 2.33. The second-order valence-corrected chi connectivity index (χ2v) is 11.2. The Morgan fingerprint density at radius 2 is 1.44 bits per heavy atom. The highest BCUT2D eigenvalue weighted by Gasteiger charge is 2.30. The maximum atomic E-state index is 13.8. The van der Waals surface area contributed by atoms with Gasteiger partial charge in [-0.2, -0.15) is 4.80 Å². The van der Waals surface area contributed by atoms with Crippen LogP contribution in [0.3, 0.4) is 0 Å². The smallest absolute Gasteiger partial charge is 0.241 e. The number of hydrogen-bond acceptors (Lipinski definition) is 5. The molecule has 212 valence electrons. The van der Waals surface area contributed by atoms with Gasteiger partial charge in [-0.25, -0.2) is 0 Å². The van der Waals surface area contributed by atoms with Gasteiger partial charge < -0.3 is 5.32 Å². The van der Waals surface area contributed by atoms with Gasteiger partial charge in [0.15, 0.2) is 5.82 Å². The molecule has 0 aliphatic rings. The fourth-order valence-corrected chi connectivity index (χ4v) is 5.03. The molecule has 0 aliphatic heterocycles. The maximum Gasteiger partial charge on any atom is 0.241 e. The molecule has 0 saturated carbocycles. The molecule has 3 aromatic rings. The molecule has 2 heterocycles. The number of hydrogen-bond donors (Lipinski definition) is 1. The number of aromatic nitrogens is 5. The third kappa shape index (κ3) is 9.26. The number of tetrazole rings is 1. The number of nitrogens with zero attached hydrogens (tertiary/aromatic N) is 5. The van der Waals surface area contributed by atoms with E-state index in [-0.39, 0.29) is 17.7 Å². The fraction of sp³-hybridized carbons (Fsp3) is 0.594. The summed E-state index contributed by atoms with van der Waals surface area (Å²) in [5.74, 6) is -0.0128. The zero-order chi connectivity index (χ0) is 28.0. The molecule has 1 N–H and O–H groups in total.